The van der Waals surface area contributed by atoms with E-state index in [2.05, 4.69) is 10.3 Å². The molecule has 0 spiro atoms. The Morgan fingerprint density at radius 1 is 1.29 bits per heavy atom. The topological polar surface area (TPSA) is 71.5 Å². The molecule has 6 heteroatoms. The van der Waals surface area contributed by atoms with Gasteiger partial charge in [-0.05, 0) is 36.2 Å². The SMILES string of the molecule is COc1ccc(CCNc2nc(Cl)ccc2C(=O)O)cc1. The Balaban J connectivity index is 1.99. The van der Waals surface area contributed by atoms with Crippen LogP contribution in [0.15, 0.2) is 36.4 Å². The summed E-state index contributed by atoms with van der Waals surface area (Å²) in [5.74, 6) is 0.0472. The largest absolute Gasteiger partial charge is 0.497 e. The number of nitrogens with one attached hydrogen (secondary N) is 1. The van der Waals surface area contributed by atoms with Crippen molar-refractivity contribution >= 4 is 23.4 Å². The van der Waals surface area contributed by atoms with E-state index in [-0.39, 0.29) is 16.5 Å². The van der Waals surface area contributed by atoms with E-state index in [1.807, 2.05) is 24.3 Å². The molecule has 0 unspecified atom stereocenters. The summed E-state index contributed by atoms with van der Waals surface area (Å²) in [4.78, 5) is 15.1. The number of hydrogen-bond acceptors (Lipinski definition) is 4. The highest BCUT2D eigenvalue weighted by atomic mass is 35.5. The first-order valence-corrected chi connectivity index (χ1v) is 6.74. The van der Waals surface area contributed by atoms with Gasteiger partial charge in [0.25, 0.3) is 0 Å². The molecule has 0 bridgehead atoms. The Hall–Kier alpha value is -2.27. The summed E-state index contributed by atoms with van der Waals surface area (Å²) in [6.45, 7) is 0.556. The van der Waals surface area contributed by atoms with Gasteiger partial charge >= 0.3 is 5.97 Å². The van der Waals surface area contributed by atoms with Gasteiger partial charge in [0, 0.05) is 6.54 Å². The van der Waals surface area contributed by atoms with Gasteiger partial charge < -0.3 is 15.2 Å². The molecular formula is C15H15ClN2O3. The van der Waals surface area contributed by atoms with E-state index >= 15 is 0 Å². The maximum Gasteiger partial charge on any atom is 0.339 e. The van der Waals surface area contributed by atoms with Crippen molar-refractivity contribution in [3.05, 3.63) is 52.7 Å². The van der Waals surface area contributed by atoms with Crippen molar-refractivity contribution in [1.29, 1.82) is 0 Å². The number of ether oxygens (including phenoxy) is 1. The number of carboxylic acid groups (broad SMARTS) is 1. The molecule has 0 saturated carbocycles. The smallest absolute Gasteiger partial charge is 0.339 e. The number of benzene rings is 1. The summed E-state index contributed by atoms with van der Waals surface area (Å²) in [5, 5.41) is 12.4. The van der Waals surface area contributed by atoms with Crippen LogP contribution >= 0.6 is 11.6 Å². The maximum atomic E-state index is 11.1. The number of aromatic nitrogens is 1. The van der Waals surface area contributed by atoms with Crippen LogP contribution < -0.4 is 10.1 Å². The normalized spacial score (nSPS) is 10.2. The first-order chi connectivity index (χ1) is 10.1. The zero-order valence-electron chi connectivity index (χ0n) is 11.5. The molecule has 21 heavy (non-hydrogen) atoms. The molecule has 0 aliphatic carbocycles. The van der Waals surface area contributed by atoms with Gasteiger partial charge in [-0.25, -0.2) is 9.78 Å². The predicted octanol–water partition coefficient (Wildman–Crippen LogP) is 3.10. The van der Waals surface area contributed by atoms with E-state index in [1.54, 1.807) is 7.11 Å². The van der Waals surface area contributed by atoms with Gasteiger partial charge in [-0.3, -0.25) is 0 Å². The lowest BCUT2D eigenvalue weighted by Gasteiger charge is -2.09. The van der Waals surface area contributed by atoms with Crippen molar-refractivity contribution < 1.29 is 14.6 Å². The van der Waals surface area contributed by atoms with Crippen molar-refractivity contribution in [2.45, 2.75) is 6.42 Å². The highest BCUT2D eigenvalue weighted by Gasteiger charge is 2.11. The zero-order chi connectivity index (χ0) is 15.2. The lowest BCUT2D eigenvalue weighted by Crippen LogP contribution is -2.11. The highest BCUT2D eigenvalue weighted by Crippen LogP contribution is 2.17. The second-order valence-electron chi connectivity index (χ2n) is 4.36. The number of hydrogen-bond donors (Lipinski definition) is 2. The third kappa shape index (κ3) is 4.10. The Kier molecular flexibility index (Phi) is 5.00. The van der Waals surface area contributed by atoms with E-state index in [1.165, 1.54) is 12.1 Å². The van der Waals surface area contributed by atoms with Gasteiger partial charge in [-0.15, -0.1) is 0 Å². The number of halogens is 1. The molecule has 0 radical (unpaired) electrons. The molecule has 0 fully saturated rings. The zero-order valence-corrected chi connectivity index (χ0v) is 12.2. The standard InChI is InChI=1S/C15H15ClN2O3/c1-21-11-4-2-10(3-5-11)8-9-17-14-12(15(19)20)6-7-13(16)18-14/h2-7H,8-9H2,1H3,(H,17,18)(H,19,20). The Labute approximate surface area is 127 Å². The molecule has 0 aliphatic rings. The average molecular weight is 307 g/mol. The first kappa shape index (κ1) is 15.1. The molecule has 5 nitrogen and oxygen atoms in total. The molecule has 0 amide bonds. The fraction of sp³-hybridized carbons (Fsp3) is 0.200. The van der Waals surface area contributed by atoms with Crippen LogP contribution in [0.2, 0.25) is 5.15 Å². The minimum absolute atomic E-state index is 0.106. The van der Waals surface area contributed by atoms with Gasteiger partial charge in [0.2, 0.25) is 0 Å². The van der Waals surface area contributed by atoms with Crippen molar-refractivity contribution in [3.63, 3.8) is 0 Å². The summed E-state index contributed by atoms with van der Waals surface area (Å²) in [6, 6.07) is 10.6. The van der Waals surface area contributed by atoms with Crippen LogP contribution in [0.4, 0.5) is 5.82 Å². The maximum absolute atomic E-state index is 11.1. The van der Waals surface area contributed by atoms with E-state index in [0.717, 1.165) is 17.7 Å². The number of rotatable bonds is 6. The molecule has 0 saturated heterocycles. The van der Waals surface area contributed by atoms with E-state index in [4.69, 9.17) is 21.4 Å². The quantitative estimate of drug-likeness (QED) is 0.802. The summed E-state index contributed by atoms with van der Waals surface area (Å²) >= 11 is 5.79. The third-order valence-electron chi connectivity index (χ3n) is 2.96. The Bertz CT molecular complexity index is 629. The van der Waals surface area contributed by atoms with Crippen LogP contribution in [0, 0.1) is 0 Å². The summed E-state index contributed by atoms with van der Waals surface area (Å²) in [5.41, 5.74) is 1.22. The van der Waals surface area contributed by atoms with Crippen LogP contribution in [0.1, 0.15) is 15.9 Å². The molecular weight excluding hydrogens is 292 g/mol. The summed E-state index contributed by atoms with van der Waals surface area (Å²) < 4.78 is 5.09. The second kappa shape index (κ2) is 6.95. The van der Waals surface area contributed by atoms with Gasteiger partial charge in [0.05, 0.1) is 7.11 Å². The lowest BCUT2D eigenvalue weighted by atomic mass is 10.1. The fourth-order valence-electron chi connectivity index (χ4n) is 1.86. The van der Waals surface area contributed by atoms with Gasteiger partial charge in [0.15, 0.2) is 0 Å². The van der Waals surface area contributed by atoms with Gasteiger partial charge in [-0.1, -0.05) is 23.7 Å². The molecule has 2 N–H and O–H groups in total. The molecule has 110 valence electrons. The molecule has 1 heterocycles. The number of methoxy groups -OCH3 is 1. The number of pyridine rings is 1. The minimum Gasteiger partial charge on any atom is -0.497 e. The minimum atomic E-state index is -1.04. The van der Waals surface area contributed by atoms with Crippen molar-refractivity contribution in [2.24, 2.45) is 0 Å². The number of nitrogens with zero attached hydrogens (tertiary/aromatic N) is 1. The van der Waals surface area contributed by atoms with Crippen molar-refractivity contribution in [1.82, 2.24) is 4.98 Å². The molecule has 2 rings (SSSR count). The fourth-order valence-corrected chi connectivity index (χ4v) is 2.01. The average Bonchev–Trinajstić information content (AvgIpc) is 2.48. The summed E-state index contributed by atoms with van der Waals surface area (Å²) in [7, 11) is 1.62. The first-order valence-electron chi connectivity index (χ1n) is 6.37. The van der Waals surface area contributed by atoms with Crippen molar-refractivity contribution in [3.8, 4) is 5.75 Å². The van der Waals surface area contributed by atoms with Crippen LogP contribution in [-0.2, 0) is 6.42 Å². The lowest BCUT2D eigenvalue weighted by molar-refractivity contribution is 0.0697. The van der Waals surface area contributed by atoms with E-state index in [0.29, 0.717) is 6.54 Å². The Morgan fingerprint density at radius 2 is 2.00 bits per heavy atom. The van der Waals surface area contributed by atoms with Gasteiger partial charge in [-0.2, -0.15) is 0 Å². The molecule has 1 aromatic heterocycles. The third-order valence-corrected chi connectivity index (χ3v) is 3.17. The van der Waals surface area contributed by atoms with Crippen LogP contribution in [-0.4, -0.2) is 29.7 Å². The monoisotopic (exact) mass is 306 g/mol. The number of carbonyl (C=O) groups is 1. The van der Waals surface area contributed by atoms with E-state index < -0.39 is 5.97 Å². The predicted molar refractivity (Wildman–Crippen MR) is 81.4 cm³/mol. The molecule has 0 aliphatic heterocycles. The number of anilines is 1. The summed E-state index contributed by atoms with van der Waals surface area (Å²) in [6.07, 6.45) is 0.733. The molecule has 1 aromatic carbocycles. The number of carboxylic acids is 1. The Morgan fingerprint density at radius 3 is 2.62 bits per heavy atom. The molecule has 2 aromatic rings. The molecule has 0 atom stereocenters. The van der Waals surface area contributed by atoms with Crippen LogP contribution in [0.5, 0.6) is 5.75 Å². The van der Waals surface area contributed by atoms with E-state index in [9.17, 15) is 4.79 Å². The second-order valence-corrected chi connectivity index (χ2v) is 4.75. The number of aromatic carboxylic acids is 1. The van der Waals surface area contributed by atoms with Crippen LogP contribution in [0.3, 0.4) is 0 Å². The van der Waals surface area contributed by atoms with Crippen LogP contribution in [0.25, 0.3) is 0 Å². The van der Waals surface area contributed by atoms with Crippen molar-refractivity contribution in [2.75, 3.05) is 19.0 Å². The highest BCUT2D eigenvalue weighted by molar-refractivity contribution is 6.29. The van der Waals surface area contributed by atoms with Gasteiger partial charge in [0.1, 0.15) is 22.3 Å².